The second kappa shape index (κ2) is 9.90. The summed E-state index contributed by atoms with van der Waals surface area (Å²) in [6.07, 6.45) is 1.59. The van der Waals surface area contributed by atoms with E-state index in [1.165, 1.54) is 30.3 Å². The van der Waals surface area contributed by atoms with Gasteiger partial charge in [0.15, 0.2) is 0 Å². The van der Waals surface area contributed by atoms with Crippen molar-refractivity contribution in [1.29, 1.82) is 0 Å². The highest BCUT2D eigenvalue weighted by Gasteiger charge is 2.29. The molecule has 0 radical (unpaired) electrons. The van der Waals surface area contributed by atoms with Crippen molar-refractivity contribution in [2.24, 2.45) is 0 Å². The Hall–Kier alpha value is -3.65. The average Bonchev–Trinajstić information content (AvgIpc) is 2.77. The molecule has 0 spiro atoms. The lowest BCUT2D eigenvalue weighted by atomic mass is 10.3. The zero-order valence-electron chi connectivity index (χ0n) is 16.6. The molecule has 0 aliphatic rings. The van der Waals surface area contributed by atoms with E-state index in [1.54, 1.807) is 48.5 Å². The summed E-state index contributed by atoms with van der Waals surface area (Å²) < 4.78 is 47.0. The number of sulfonamides is 1. The van der Waals surface area contributed by atoms with Crippen LogP contribution in [0.15, 0.2) is 96.4 Å². The van der Waals surface area contributed by atoms with Gasteiger partial charge >= 0.3 is 0 Å². The summed E-state index contributed by atoms with van der Waals surface area (Å²) in [6.45, 7) is 3.26. The number of ether oxygens (including phenoxy) is 1. The number of hydrogen-bond acceptors (Lipinski definition) is 4. The van der Waals surface area contributed by atoms with Crippen molar-refractivity contribution in [3.8, 4) is 5.75 Å². The molecule has 1 N–H and O–H groups in total. The van der Waals surface area contributed by atoms with Crippen LogP contribution in [-0.4, -0.2) is 27.5 Å². The summed E-state index contributed by atoms with van der Waals surface area (Å²) in [5.74, 6) is -0.876. The highest BCUT2D eigenvalue weighted by atomic mass is 32.2. The minimum absolute atomic E-state index is 0.0501. The lowest BCUT2D eigenvalue weighted by Gasteiger charge is -2.24. The number of carbonyl (C=O) groups is 1. The fraction of sp³-hybridized carbons (Fsp3) is 0.0870. The highest BCUT2D eigenvalue weighted by molar-refractivity contribution is 7.92. The second-order valence-corrected chi connectivity index (χ2v) is 8.31. The van der Waals surface area contributed by atoms with Gasteiger partial charge in [-0.2, -0.15) is 0 Å². The smallest absolute Gasteiger partial charge is 0.264 e. The largest absolute Gasteiger partial charge is 0.489 e. The van der Waals surface area contributed by atoms with Gasteiger partial charge in [-0.1, -0.05) is 49.1 Å². The topological polar surface area (TPSA) is 75.7 Å². The van der Waals surface area contributed by atoms with Gasteiger partial charge < -0.3 is 10.1 Å². The van der Waals surface area contributed by atoms with Crippen molar-refractivity contribution in [1.82, 2.24) is 0 Å². The van der Waals surface area contributed by atoms with E-state index in [9.17, 15) is 17.6 Å². The maximum absolute atomic E-state index is 14.5. The molecule has 0 fully saturated rings. The number of nitrogens with zero attached hydrogens (tertiary/aromatic N) is 1. The molecule has 31 heavy (non-hydrogen) atoms. The van der Waals surface area contributed by atoms with Crippen molar-refractivity contribution >= 4 is 27.3 Å². The van der Waals surface area contributed by atoms with Gasteiger partial charge in [0.2, 0.25) is 5.91 Å². The fourth-order valence-corrected chi connectivity index (χ4v) is 4.27. The lowest BCUT2D eigenvalue weighted by molar-refractivity contribution is -0.114. The predicted molar refractivity (Wildman–Crippen MR) is 118 cm³/mol. The molecule has 1 amide bonds. The third-order valence-corrected chi connectivity index (χ3v) is 6.00. The first-order valence-electron chi connectivity index (χ1n) is 9.38. The van der Waals surface area contributed by atoms with Crippen LogP contribution in [0.2, 0.25) is 0 Å². The van der Waals surface area contributed by atoms with Crippen LogP contribution in [0.1, 0.15) is 0 Å². The van der Waals surface area contributed by atoms with Crippen molar-refractivity contribution in [2.45, 2.75) is 4.90 Å². The number of halogens is 1. The zero-order chi connectivity index (χ0) is 22.3. The normalized spacial score (nSPS) is 10.9. The molecule has 6 nitrogen and oxygen atoms in total. The number of amides is 1. The first kappa shape index (κ1) is 22.0. The number of para-hydroxylation sites is 1. The van der Waals surface area contributed by atoms with E-state index < -0.39 is 28.3 Å². The van der Waals surface area contributed by atoms with E-state index in [4.69, 9.17) is 4.74 Å². The van der Waals surface area contributed by atoms with Crippen LogP contribution in [0.4, 0.5) is 15.8 Å². The third kappa shape index (κ3) is 5.49. The van der Waals surface area contributed by atoms with E-state index >= 15 is 0 Å². The van der Waals surface area contributed by atoms with E-state index in [0.717, 1.165) is 10.4 Å². The first-order valence-corrected chi connectivity index (χ1v) is 10.8. The number of rotatable bonds is 9. The second-order valence-electron chi connectivity index (χ2n) is 6.45. The van der Waals surface area contributed by atoms with Gasteiger partial charge in [-0.25, -0.2) is 12.8 Å². The van der Waals surface area contributed by atoms with Crippen molar-refractivity contribution in [3.63, 3.8) is 0 Å². The van der Waals surface area contributed by atoms with Gasteiger partial charge in [-0.15, -0.1) is 0 Å². The summed E-state index contributed by atoms with van der Waals surface area (Å²) >= 11 is 0. The molecule has 0 aliphatic carbocycles. The van der Waals surface area contributed by atoms with E-state index in [2.05, 4.69) is 11.9 Å². The van der Waals surface area contributed by atoms with Crippen LogP contribution in [0.3, 0.4) is 0 Å². The third-order valence-electron chi connectivity index (χ3n) is 4.23. The minimum Gasteiger partial charge on any atom is -0.489 e. The number of carbonyl (C=O) groups excluding carboxylic acids is 1. The molecular formula is C23H21FN2O4S. The monoisotopic (exact) mass is 440 g/mol. The number of benzene rings is 3. The van der Waals surface area contributed by atoms with Crippen molar-refractivity contribution in [3.05, 3.63) is 97.3 Å². The molecule has 3 aromatic rings. The van der Waals surface area contributed by atoms with Gasteiger partial charge in [0.25, 0.3) is 10.0 Å². The van der Waals surface area contributed by atoms with Crippen LogP contribution in [0.5, 0.6) is 5.75 Å². The Balaban J connectivity index is 1.88. The first-order chi connectivity index (χ1) is 14.9. The summed E-state index contributed by atoms with van der Waals surface area (Å²) in [6, 6.07) is 19.6. The Morgan fingerprint density at radius 3 is 2.45 bits per heavy atom. The van der Waals surface area contributed by atoms with Gasteiger partial charge in [0.05, 0.1) is 10.6 Å². The molecule has 3 aromatic carbocycles. The average molecular weight is 440 g/mol. The lowest BCUT2D eigenvalue weighted by Crippen LogP contribution is -2.38. The predicted octanol–water partition coefficient (Wildman–Crippen LogP) is 4.22. The summed E-state index contributed by atoms with van der Waals surface area (Å²) in [4.78, 5) is 12.7. The maximum atomic E-state index is 14.5. The molecule has 0 atom stereocenters. The molecule has 8 heteroatoms. The Kier molecular flexibility index (Phi) is 7.04. The van der Waals surface area contributed by atoms with Gasteiger partial charge in [-0.3, -0.25) is 9.10 Å². The number of anilines is 2. The Labute approximate surface area is 180 Å². The van der Waals surface area contributed by atoms with E-state index in [0.29, 0.717) is 18.0 Å². The molecule has 3 rings (SSSR count). The Morgan fingerprint density at radius 2 is 1.74 bits per heavy atom. The molecule has 0 saturated carbocycles. The molecule has 0 aliphatic heterocycles. The quantitative estimate of drug-likeness (QED) is 0.506. The van der Waals surface area contributed by atoms with E-state index in [-0.39, 0.29) is 10.6 Å². The summed E-state index contributed by atoms with van der Waals surface area (Å²) in [5, 5.41) is 2.63. The molecule has 0 saturated heterocycles. The number of nitrogens with one attached hydrogen (secondary N) is 1. The molecule has 0 heterocycles. The molecule has 0 unspecified atom stereocenters. The SMILES string of the molecule is C=CCOc1cccc(NC(=O)CN(c2ccccc2F)S(=O)(=O)c2ccccc2)c1. The van der Waals surface area contributed by atoms with Crippen LogP contribution in [-0.2, 0) is 14.8 Å². The molecule has 160 valence electrons. The van der Waals surface area contributed by atoms with Crippen LogP contribution in [0.25, 0.3) is 0 Å². The zero-order valence-corrected chi connectivity index (χ0v) is 17.4. The Morgan fingerprint density at radius 1 is 1.03 bits per heavy atom. The van der Waals surface area contributed by atoms with Crippen molar-refractivity contribution < 1.29 is 22.3 Å². The Bertz CT molecular complexity index is 1170. The highest BCUT2D eigenvalue weighted by Crippen LogP contribution is 2.26. The van der Waals surface area contributed by atoms with Crippen LogP contribution < -0.4 is 14.4 Å². The van der Waals surface area contributed by atoms with Gasteiger partial charge in [0.1, 0.15) is 24.7 Å². The molecule has 0 bridgehead atoms. The number of hydrogen-bond donors (Lipinski definition) is 1. The van der Waals surface area contributed by atoms with Gasteiger partial charge in [0, 0.05) is 11.8 Å². The van der Waals surface area contributed by atoms with Crippen molar-refractivity contribution in [2.75, 3.05) is 22.8 Å². The molecular weight excluding hydrogens is 419 g/mol. The molecule has 0 aromatic heterocycles. The summed E-state index contributed by atoms with van der Waals surface area (Å²) in [5.41, 5.74) is 0.196. The van der Waals surface area contributed by atoms with Crippen LogP contribution in [0, 0.1) is 5.82 Å². The standard InChI is InChI=1S/C23H21FN2O4S/c1-2-15-30-19-10-8-9-18(16-19)25-23(27)17-26(22-14-7-6-13-21(22)24)31(28,29)20-11-4-3-5-12-20/h2-14,16H,1,15,17H2,(H,25,27). The summed E-state index contributed by atoms with van der Waals surface area (Å²) in [7, 11) is -4.19. The van der Waals surface area contributed by atoms with Crippen LogP contribution >= 0.6 is 0 Å². The van der Waals surface area contributed by atoms with E-state index in [1.807, 2.05) is 0 Å². The minimum atomic E-state index is -4.19. The fourth-order valence-electron chi connectivity index (χ4n) is 2.82. The maximum Gasteiger partial charge on any atom is 0.264 e. The van der Waals surface area contributed by atoms with Gasteiger partial charge in [-0.05, 0) is 36.4 Å².